The van der Waals surface area contributed by atoms with E-state index < -0.39 is 38.1 Å². The molecule has 0 N–H and O–H groups in total. The molecule has 0 saturated carbocycles. The summed E-state index contributed by atoms with van der Waals surface area (Å²) in [6.07, 6.45) is -5.23. The summed E-state index contributed by atoms with van der Waals surface area (Å²) in [7, 11) is 1.75. The van der Waals surface area contributed by atoms with Crippen LogP contribution in [0.5, 0.6) is 0 Å². The minimum atomic E-state index is -4.75. The highest BCUT2D eigenvalue weighted by Gasteiger charge is 2.32. The van der Waals surface area contributed by atoms with Gasteiger partial charge in [0.25, 0.3) is 9.05 Å². The van der Waals surface area contributed by atoms with E-state index in [1.165, 1.54) is 0 Å². The quantitative estimate of drug-likeness (QED) is 0.634. The van der Waals surface area contributed by atoms with E-state index in [0.717, 1.165) is 13.2 Å². The SMILES string of the molecule is COC(=O)Cc1cc(C(F)(F)F)cc(S(=O)(=O)Cl)c1. The molecule has 1 rings (SSSR count). The molecule has 0 bridgehead atoms. The Hall–Kier alpha value is -1.28. The Balaban J connectivity index is 3.37. The summed E-state index contributed by atoms with van der Waals surface area (Å²) in [6.45, 7) is 0. The van der Waals surface area contributed by atoms with Crippen molar-refractivity contribution in [2.45, 2.75) is 17.5 Å². The van der Waals surface area contributed by atoms with Crippen molar-refractivity contribution in [1.82, 2.24) is 0 Å². The van der Waals surface area contributed by atoms with Gasteiger partial charge in [0.1, 0.15) is 0 Å². The molecule has 1 aromatic carbocycles. The number of halogens is 4. The van der Waals surface area contributed by atoms with Crippen molar-refractivity contribution in [3.8, 4) is 0 Å². The molecule has 0 atom stereocenters. The smallest absolute Gasteiger partial charge is 0.416 e. The first-order valence-corrected chi connectivity index (χ1v) is 7.07. The predicted octanol–water partition coefficient (Wildman–Crippen LogP) is 2.35. The summed E-state index contributed by atoms with van der Waals surface area (Å²) in [5, 5.41) is 0. The summed E-state index contributed by atoms with van der Waals surface area (Å²) >= 11 is 0. The fraction of sp³-hybridized carbons (Fsp3) is 0.300. The number of alkyl halides is 3. The van der Waals surface area contributed by atoms with E-state index in [1.807, 2.05) is 0 Å². The average Bonchev–Trinajstić information content (AvgIpc) is 2.26. The van der Waals surface area contributed by atoms with Crippen LogP contribution in [0.3, 0.4) is 0 Å². The van der Waals surface area contributed by atoms with Gasteiger partial charge in [0.05, 0.1) is 24.0 Å². The lowest BCUT2D eigenvalue weighted by molar-refractivity contribution is -0.140. The van der Waals surface area contributed by atoms with Crippen molar-refractivity contribution in [2.75, 3.05) is 7.11 Å². The largest absolute Gasteiger partial charge is 0.469 e. The second-order valence-electron chi connectivity index (χ2n) is 3.55. The van der Waals surface area contributed by atoms with Crippen LogP contribution in [-0.4, -0.2) is 21.5 Å². The third-order valence-corrected chi connectivity index (χ3v) is 3.48. The number of hydrogen-bond acceptors (Lipinski definition) is 4. The highest BCUT2D eigenvalue weighted by Crippen LogP contribution is 2.32. The van der Waals surface area contributed by atoms with Crippen LogP contribution >= 0.6 is 10.7 Å². The maximum Gasteiger partial charge on any atom is 0.416 e. The van der Waals surface area contributed by atoms with Crippen molar-refractivity contribution in [3.05, 3.63) is 29.3 Å². The number of methoxy groups -OCH3 is 1. The summed E-state index contributed by atoms with van der Waals surface area (Å²) in [4.78, 5) is 10.3. The Bertz CT molecular complexity index is 595. The van der Waals surface area contributed by atoms with Gasteiger partial charge in [-0.15, -0.1) is 0 Å². The molecule has 1 aromatic rings. The molecule has 0 unspecified atom stereocenters. The Morgan fingerprint density at radius 2 is 1.89 bits per heavy atom. The molecule has 0 aromatic heterocycles. The fourth-order valence-electron chi connectivity index (χ4n) is 1.31. The molecule has 9 heteroatoms. The highest BCUT2D eigenvalue weighted by atomic mass is 35.7. The van der Waals surface area contributed by atoms with E-state index in [0.29, 0.717) is 12.1 Å². The Kier molecular flexibility index (Phi) is 4.46. The number of rotatable bonds is 3. The van der Waals surface area contributed by atoms with Gasteiger partial charge in [-0.25, -0.2) is 8.42 Å². The van der Waals surface area contributed by atoms with Gasteiger partial charge in [-0.05, 0) is 23.8 Å². The normalized spacial score (nSPS) is 12.3. The van der Waals surface area contributed by atoms with Gasteiger partial charge in [0.15, 0.2) is 0 Å². The minimum Gasteiger partial charge on any atom is -0.469 e. The lowest BCUT2D eigenvalue weighted by Crippen LogP contribution is -2.10. The second kappa shape index (κ2) is 5.38. The zero-order chi connectivity index (χ0) is 14.8. The predicted molar refractivity (Wildman–Crippen MR) is 60.2 cm³/mol. The number of carbonyl (C=O) groups excluding carboxylic acids is 1. The van der Waals surface area contributed by atoms with Crippen molar-refractivity contribution >= 4 is 25.7 Å². The van der Waals surface area contributed by atoms with Crippen molar-refractivity contribution in [2.24, 2.45) is 0 Å². The molecule has 0 amide bonds. The molecule has 19 heavy (non-hydrogen) atoms. The molecular formula is C10H8ClF3O4S. The van der Waals surface area contributed by atoms with E-state index in [9.17, 15) is 26.4 Å². The van der Waals surface area contributed by atoms with Crippen molar-refractivity contribution in [1.29, 1.82) is 0 Å². The van der Waals surface area contributed by atoms with Crippen LogP contribution in [0.4, 0.5) is 13.2 Å². The van der Waals surface area contributed by atoms with Gasteiger partial charge in [0.2, 0.25) is 0 Å². The third-order valence-electron chi connectivity index (χ3n) is 2.15. The van der Waals surface area contributed by atoms with Crippen molar-refractivity contribution < 1.29 is 31.1 Å². The van der Waals surface area contributed by atoms with Crippen LogP contribution in [0.1, 0.15) is 11.1 Å². The van der Waals surface area contributed by atoms with E-state index in [4.69, 9.17) is 10.7 Å². The lowest BCUT2D eigenvalue weighted by Gasteiger charge is -2.10. The molecule has 0 aliphatic heterocycles. The molecule has 0 heterocycles. The molecular weight excluding hydrogens is 309 g/mol. The molecule has 106 valence electrons. The van der Waals surface area contributed by atoms with E-state index in [2.05, 4.69) is 4.74 Å². The van der Waals surface area contributed by atoms with Gasteiger partial charge in [0, 0.05) is 10.7 Å². The standard InChI is InChI=1S/C10H8ClF3O4S/c1-18-9(15)4-6-2-7(10(12,13)14)5-8(3-6)19(11,16)17/h2-3,5H,4H2,1H3. The number of hydrogen-bond donors (Lipinski definition) is 0. The van der Waals surface area contributed by atoms with Gasteiger partial charge in [-0.3, -0.25) is 4.79 Å². The fourth-order valence-corrected chi connectivity index (χ4v) is 2.13. The Labute approximate surface area is 111 Å². The minimum absolute atomic E-state index is 0.152. The zero-order valence-electron chi connectivity index (χ0n) is 9.49. The van der Waals surface area contributed by atoms with E-state index in [1.54, 1.807) is 0 Å². The first-order chi connectivity index (χ1) is 8.54. The number of benzene rings is 1. The topological polar surface area (TPSA) is 60.4 Å². The van der Waals surface area contributed by atoms with Crippen LogP contribution in [0, 0.1) is 0 Å². The van der Waals surface area contributed by atoms with E-state index in [-0.39, 0.29) is 5.56 Å². The Morgan fingerprint density at radius 1 is 1.32 bits per heavy atom. The summed E-state index contributed by atoms with van der Waals surface area (Å²) in [5.74, 6) is -0.794. The lowest BCUT2D eigenvalue weighted by atomic mass is 10.1. The Morgan fingerprint density at radius 3 is 2.32 bits per heavy atom. The highest BCUT2D eigenvalue weighted by molar-refractivity contribution is 8.13. The molecule has 0 aliphatic rings. The number of esters is 1. The first kappa shape index (κ1) is 15.8. The maximum atomic E-state index is 12.6. The molecule has 0 fully saturated rings. The van der Waals surface area contributed by atoms with Crippen LogP contribution in [0.25, 0.3) is 0 Å². The zero-order valence-corrected chi connectivity index (χ0v) is 11.1. The average molecular weight is 317 g/mol. The molecule has 0 radical (unpaired) electrons. The number of carbonyl (C=O) groups is 1. The first-order valence-electron chi connectivity index (χ1n) is 4.76. The van der Waals surface area contributed by atoms with Gasteiger partial charge >= 0.3 is 12.1 Å². The third kappa shape index (κ3) is 4.39. The van der Waals surface area contributed by atoms with E-state index >= 15 is 0 Å². The second-order valence-corrected chi connectivity index (χ2v) is 6.12. The summed E-state index contributed by atoms with van der Waals surface area (Å²) in [5.41, 5.74) is -1.35. The van der Waals surface area contributed by atoms with Gasteiger partial charge in [-0.1, -0.05) is 0 Å². The maximum absolute atomic E-state index is 12.6. The summed E-state index contributed by atoms with van der Waals surface area (Å²) in [6, 6.07) is 1.97. The van der Waals surface area contributed by atoms with Crippen LogP contribution in [0.2, 0.25) is 0 Å². The molecule has 4 nitrogen and oxygen atoms in total. The van der Waals surface area contributed by atoms with Crippen LogP contribution < -0.4 is 0 Å². The monoisotopic (exact) mass is 316 g/mol. The molecule has 0 aliphatic carbocycles. The number of ether oxygens (including phenoxy) is 1. The molecule has 0 spiro atoms. The summed E-state index contributed by atoms with van der Waals surface area (Å²) < 4.78 is 64.3. The van der Waals surface area contributed by atoms with Crippen LogP contribution in [0.15, 0.2) is 23.1 Å². The molecule has 0 saturated heterocycles. The van der Waals surface area contributed by atoms with Gasteiger partial charge < -0.3 is 4.74 Å². The van der Waals surface area contributed by atoms with Gasteiger partial charge in [-0.2, -0.15) is 13.2 Å². The van der Waals surface area contributed by atoms with Crippen molar-refractivity contribution in [3.63, 3.8) is 0 Å². The van der Waals surface area contributed by atoms with Crippen LogP contribution in [-0.2, 0) is 31.2 Å².